The molecule has 0 unspecified atom stereocenters. The average molecular weight is 480 g/mol. The van der Waals surface area contributed by atoms with E-state index in [1.54, 1.807) is 0 Å². The van der Waals surface area contributed by atoms with Crippen molar-refractivity contribution >= 4 is 0 Å². The summed E-state index contributed by atoms with van der Waals surface area (Å²) in [6.45, 7) is 0. The first kappa shape index (κ1) is 14.8. The van der Waals surface area contributed by atoms with E-state index in [0.29, 0.717) is 42.8 Å². The van der Waals surface area contributed by atoms with Crippen LogP contribution in [0.1, 0.15) is 37.2 Å². The van der Waals surface area contributed by atoms with Crippen molar-refractivity contribution in [3.8, 4) is 11.1 Å². The van der Waals surface area contributed by atoms with Gasteiger partial charge in [0.15, 0.2) is 0 Å². The maximum atomic E-state index is 12.9. The van der Waals surface area contributed by atoms with Crippen LogP contribution in [0.5, 0.6) is 0 Å². The number of halogens is 1. The summed E-state index contributed by atoms with van der Waals surface area (Å²) in [5, 5.41) is 0. The van der Waals surface area contributed by atoms with Crippen molar-refractivity contribution in [2.24, 2.45) is 0 Å². The molecule has 0 radical (unpaired) electrons. The van der Waals surface area contributed by atoms with Crippen LogP contribution < -0.4 is 0 Å². The van der Waals surface area contributed by atoms with Crippen molar-refractivity contribution in [2.75, 3.05) is 0 Å². The van der Waals surface area contributed by atoms with Gasteiger partial charge in [-0.3, -0.25) is 0 Å². The fraction of sp³-hybridized carbons (Fsp3) is 0.333. The van der Waals surface area contributed by atoms with Gasteiger partial charge in [-0.05, 0) is 0 Å². The van der Waals surface area contributed by atoms with E-state index < -0.39 is 0 Å². The van der Waals surface area contributed by atoms with Crippen LogP contribution in [0.2, 0.25) is 0.959 Å². The fourth-order valence-corrected chi connectivity index (χ4v) is 5.92. The van der Waals surface area contributed by atoms with E-state index in [1.807, 2.05) is 12.1 Å². The summed E-state index contributed by atoms with van der Waals surface area (Å²) in [6.07, 6.45) is 5.66. The van der Waals surface area contributed by atoms with E-state index in [0.717, 1.165) is 12.4 Å². The molecule has 0 N–H and O–H groups in total. The third-order valence-electron chi connectivity index (χ3n) is 4.58. The predicted octanol–water partition coefficient (Wildman–Crippen LogP) is 5.22. The normalized spacial score (nSPS) is 22.6. The molecule has 2 aromatic rings. The molecule has 2 aromatic carbocycles. The molecule has 0 saturated heterocycles. The molecule has 3 rings (SSSR count). The van der Waals surface area contributed by atoms with Gasteiger partial charge in [0, 0.05) is 0 Å². The first-order valence-electron chi connectivity index (χ1n) is 7.58. The zero-order chi connectivity index (χ0) is 13.9. The van der Waals surface area contributed by atoms with Gasteiger partial charge in [-0.2, -0.15) is 0 Å². The van der Waals surface area contributed by atoms with Gasteiger partial charge in [0.05, 0.1) is 0 Å². The molecular weight excluding hydrogens is 461 g/mol. The molecule has 2 heteroatoms. The Bertz CT molecular complexity index is 551. The average Bonchev–Trinajstić information content (AvgIpc) is 2.49. The maximum absolute atomic E-state index is 12.9. The minimum absolute atomic E-state index is 0.174. The molecule has 1 aliphatic rings. The Morgan fingerprint density at radius 2 is 1.25 bits per heavy atom. The number of hydrogen-bond donors (Lipinski definition) is 0. The Balaban J connectivity index is 1.76. The Hall–Kier alpha value is -0.162. The minimum atomic E-state index is -0.174. The van der Waals surface area contributed by atoms with Crippen LogP contribution in [-0.4, -0.2) is 0 Å². The second-order valence-corrected chi connectivity index (χ2v) is 12.8. The standard InChI is InChI=1S/C18H18F.Ra.H/c19-18-12-10-17(11-13-18)16-8-6-15(7-9-16)14-4-2-1-3-5-14;;/h1,6-14H,2-5H2;;. The van der Waals surface area contributed by atoms with Crippen molar-refractivity contribution in [1.82, 2.24) is 0 Å². The summed E-state index contributed by atoms with van der Waals surface area (Å²) >= 11 is 0.701. The van der Waals surface area contributed by atoms with Gasteiger partial charge in [0.1, 0.15) is 0 Å². The van der Waals surface area contributed by atoms with Crippen LogP contribution >= 0.6 is 0 Å². The Kier molecular flexibility index (Phi) is 4.97. The van der Waals surface area contributed by atoms with Gasteiger partial charge in [0.2, 0.25) is 0 Å². The van der Waals surface area contributed by atoms with E-state index in [-0.39, 0.29) is 5.82 Å². The summed E-state index contributed by atoms with van der Waals surface area (Å²) in [7, 11) is 0. The van der Waals surface area contributed by atoms with Crippen LogP contribution in [0.4, 0.5) is 4.39 Å². The monoisotopic (exact) mass is 480 g/mol. The Morgan fingerprint density at radius 1 is 0.750 bits per heavy atom. The van der Waals surface area contributed by atoms with Crippen molar-refractivity contribution in [3.63, 3.8) is 0 Å². The van der Waals surface area contributed by atoms with Gasteiger partial charge in [-0.25, -0.2) is 4.39 Å². The Labute approximate surface area is 149 Å². The summed E-state index contributed by atoms with van der Waals surface area (Å²) in [6, 6.07) is 15.6. The van der Waals surface area contributed by atoms with E-state index in [2.05, 4.69) is 24.3 Å². The molecule has 1 saturated carbocycles. The molecule has 0 bridgehead atoms. The molecule has 100 valence electrons. The van der Waals surface area contributed by atoms with Crippen LogP contribution in [0.25, 0.3) is 11.1 Å². The molecule has 0 amide bonds. The quantitative estimate of drug-likeness (QED) is 0.553. The molecular formula is C18H19FRa. The van der Waals surface area contributed by atoms with E-state index >= 15 is 0 Å². The fourth-order valence-electron chi connectivity index (χ4n) is 3.18. The molecule has 0 heterocycles. The Morgan fingerprint density at radius 3 is 1.80 bits per heavy atom. The third kappa shape index (κ3) is 3.53. The molecule has 0 atom stereocenters. The van der Waals surface area contributed by atoms with Gasteiger partial charge in [-0.15, -0.1) is 0 Å². The molecule has 20 heavy (non-hydrogen) atoms. The molecule has 0 aliphatic heterocycles. The van der Waals surface area contributed by atoms with Crippen LogP contribution in [0.3, 0.4) is 0 Å². The zero-order valence-corrected chi connectivity index (χ0v) is 20.2. The van der Waals surface area contributed by atoms with Crippen LogP contribution in [0, 0.1) is 48.6 Å². The molecule has 1 aliphatic carbocycles. The number of hydrogen-bond acceptors (Lipinski definition) is 0. The van der Waals surface area contributed by atoms with Crippen molar-refractivity contribution < 1.29 is 47.2 Å². The van der Waals surface area contributed by atoms with Crippen LogP contribution in [-0.2, 0) is 0 Å². The zero-order valence-electron chi connectivity index (χ0n) is 12.0. The molecule has 0 spiro atoms. The molecule has 0 nitrogen and oxygen atoms in total. The van der Waals surface area contributed by atoms with Gasteiger partial charge >= 0.3 is 146 Å². The van der Waals surface area contributed by atoms with E-state index in [9.17, 15) is 4.39 Å². The first-order valence-corrected chi connectivity index (χ1v) is 12.3. The molecule has 1 fully saturated rings. The topological polar surface area (TPSA) is 0 Å². The van der Waals surface area contributed by atoms with E-state index in [4.69, 9.17) is 0 Å². The predicted molar refractivity (Wildman–Crippen MR) is 78.2 cm³/mol. The number of rotatable bonds is 2. The first-order chi connectivity index (χ1) is 9.72. The van der Waals surface area contributed by atoms with E-state index in [1.165, 1.54) is 48.9 Å². The van der Waals surface area contributed by atoms with Crippen molar-refractivity contribution in [1.29, 1.82) is 0 Å². The summed E-state index contributed by atoms with van der Waals surface area (Å²) in [4.78, 5) is 0. The second kappa shape index (κ2) is 6.73. The van der Waals surface area contributed by atoms with Crippen molar-refractivity contribution in [3.05, 3.63) is 59.9 Å². The third-order valence-corrected chi connectivity index (χ3v) is 9.32. The summed E-state index contributed by atoms with van der Waals surface area (Å²) < 4.78 is 14.1. The summed E-state index contributed by atoms with van der Waals surface area (Å²) in [5.74, 6) is 0.593. The van der Waals surface area contributed by atoms with Gasteiger partial charge < -0.3 is 0 Å². The molecule has 0 aromatic heterocycles. The summed E-state index contributed by atoms with van der Waals surface area (Å²) in [5.41, 5.74) is 3.75. The van der Waals surface area contributed by atoms with Crippen LogP contribution in [0.15, 0.2) is 48.5 Å². The van der Waals surface area contributed by atoms with Crippen molar-refractivity contribution in [2.45, 2.75) is 32.6 Å². The van der Waals surface area contributed by atoms with Gasteiger partial charge in [-0.1, -0.05) is 0 Å². The number of benzene rings is 2. The van der Waals surface area contributed by atoms with Gasteiger partial charge in [0.25, 0.3) is 0 Å². The second-order valence-electron chi connectivity index (χ2n) is 6.09. The SMILES string of the molecule is Fc1ccc(-c2ccc(C3CC[CH]([RaH])CC3)cc2)cc1.